The molecule has 1 unspecified atom stereocenters. The third-order valence-corrected chi connectivity index (χ3v) is 8.18. The summed E-state index contributed by atoms with van der Waals surface area (Å²) in [6.07, 6.45) is 5.38. The molecule has 0 radical (unpaired) electrons. The number of anilines is 2. The Bertz CT molecular complexity index is 1020. The number of nitrogens with zero attached hydrogens (tertiary/aromatic N) is 3. The fourth-order valence-corrected chi connectivity index (χ4v) is 6.06. The van der Waals surface area contributed by atoms with Crippen molar-refractivity contribution in [3.05, 3.63) is 42.0 Å². The normalized spacial score (nSPS) is 20.7. The Morgan fingerprint density at radius 3 is 2.76 bits per heavy atom. The predicted molar refractivity (Wildman–Crippen MR) is 137 cm³/mol. The first-order valence-corrected chi connectivity index (χ1v) is 13.4. The highest BCUT2D eigenvalue weighted by Crippen LogP contribution is 2.41. The van der Waals surface area contributed by atoms with E-state index in [0.29, 0.717) is 19.6 Å². The average molecular weight is 482 g/mol. The van der Waals surface area contributed by atoms with Crippen molar-refractivity contribution >= 4 is 29.2 Å². The Morgan fingerprint density at radius 2 is 1.94 bits per heavy atom. The van der Waals surface area contributed by atoms with Gasteiger partial charge in [0, 0.05) is 49.1 Å². The Morgan fingerprint density at radius 1 is 1.09 bits per heavy atom. The number of piperidine rings is 1. The lowest BCUT2D eigenvalue weighted by molar-refractivity contribution is -0.130. The molecule has 3 heterocycles. The minimum atomic E-state index is 0.0402. The highest BCUT2D eigenvalue weighted by atomic mass is 32.2. The van der Waals surface area contributed by atoms with E-state index in [9.17, 15) is 4.79 Å². The molecule has 2 aromatic carbocycles. The summed E-state index contributed by atoms with van der Waals surface area (Å²) < 4.78 is 14.8. The van der Waals surface area contributed by atoms with Gasteiger partial charge in [-0.15, -0.1) is 0 Å². The van der Waals surface area contributed by atoms with Crippen molar-refractivity contribution in [1.82, 2.24) is 9.21 Å². The van der Waals surface area contributed by atoms with Gasteiger partial charge in [-0.3, -0.25) is 4.79 Å². The van der Waals surface area contributed by atoms with Gasteiger partial charge in [-0.1, -0.05) is 19.4 Å². The quantitative estimate of drug-likeness (QED) is 0.514. The molecule has 2 aromatic rings. The summed E-state index contributed by atoms with van der Waals surface area (Å²) in [6, 6.07) is 12.9. The smallest absolute Gasteiger partial charge is 0.222 e. The van der Waals surface area contributed by atoms with Gasteiger partial charge < -0.3 is 19.3 Å². The number of ether oxygens (including phenoxy) is 2. The summed E-state index contributed by atoms with van der Waals surface area (Å²) in [5, 5.41) is 0. The molecule has 0 aliphatic carbocycles. The Hall–Kier alpha value is -2.38. The van der Waals surface area contributed by atoms with Crippen LogP contribution in [0.2, 0.25) is 0 Å². The molecule has 0 aromatic heterocycles. The summed E-state index contributed by atoms with van der Waals surface area (Å²) >= 11 is 1.90. The maximum atomic E-state index is 12.0. The van der Waals surface area contributed by atoms with Crippen LogP contribution in [-0.2, 0) is 4.79 Å². The molecule has 1 amide bonds. The van der Waals surface area contributed by atoms with Crippen LogP contribution in [0.5, 0.6) is 11.5 Å². The lowest BCUT2D eigenvalue weighted by atomic mass is 10.1. The number of aryl methyl sites for hydroxylation is 1. The monoisotopic (exact) mass is 481 g/mol. The molecule has 5 rings (SSSR count). The SMILES string of the molecule is CCC(=O)N1CCC(Oc2ccc3c(c2)N(c2ccc(C)c(SN4CCCCC4)c2)CCO3)C1. The Kier molecular flexibility index (Phi) is 7.21. The van der Waals surface area contributed by atoms with Crippen LogP contribution in [0, 0.1) is 6.92 Å². The van der Waals surface area contributed by atoms with Gasteiger partial charge in [-0.05, 0) is 61.5 Å². The van der Waals surface area contributed by atoms with E-state index in [1.807, 2.05) is 35.9 Å². The second kappa shape index (κ2) is 10.5. The third kappa shape index (κ3) is 5.15. The van der Waals surface area contributed by atoms with Crippen LogP contribution in [0.1, 0.15) is 44.6 Å². The first-order valence-electron chi connectivity index (χ1n) is 12.6. The van der Waals surface area contributed by atoms with Gasteiger partial charge in [-0.2, -0.15) is 0 Å². The van der Waals surface area contributed by atoms with E-state index in [0.717, 1.165) is 49.8 Å². The molecule has 1 atom stereocenters. The number of hydrogen-bond acceptors (Lipinski definition) is 6. The van der Waals surface area contributed by atoms with Gasteiger partial charge in [0.25, 0.3) is 0 Å². The van der Waals surface area contributed by atoms with Crippen molar-refractivity contribution in [1.29, 1.82) is 0 Å². The lowest BCUT2D eigenvalue weighted by Gasteiger charge is -2.32. The van der Waals surface area contributed by atoms with E-state index in [1.165, 1.54) is 35.4 Å². The molecular formula is C27H35N3O3S. The highest BCUT2D eigenvalue weighted by Gasteiger charge is 2.28. The van der Waals surface area contributed by atoms with Crippen LogP contribution < -0.4 is 14.4 Å². The molecule has 2 saturated heterocycles. The Balaban J connectivity index is 1.34. The predicted octanol–water partition coefficient (Wildman–Crippen LogP) is 5.41. The summed E-state index contributed by atoms with van der Waals surface area (Å²) in [6.45, 7) is 9.34. The van der Waals surface area contributed by atoms with E-state index in [-0.39, 0.29) is 12.0 Å². The van der Waals surface area contributed by atoms with Crippen LogP contribution in [0.15, 0.2) is 41.3 Å². The van der Waals surface area contributed by atoms with Crippen LogP contribution in [0.25, 0.3) is 0 Å². The number of carbonyl (C=O) groups is 1. The largest absolute Gasteiger partial charge is 0.490 e. The topological polar surface area (TPSA) is 45.2 Å². The number of carbonyl (C=O) groups excluding carboxylic acids is 1. The summed E-state index contributed by atoms with van der Waals surface area (Å²) in [5.74, 6) is 1.92. The maximum Gasteiger partial charge on any atom is 0.222 e. The van der Waals surface area contributed by atoms with Gasteiger partial charge in [0.2, 0.25) is 5.91 Å². The van der Waals surface area contributed by atoms with Gasteiger partial charge in [-0.25, -0.2) is 4.31 Å². The Labute approximate surface area is 207 Å². The van der Waals surface area contributed by atoms with Crippen LogP contribution in [-0.4, -0.2) is 60.5 Å². The van der Waals surface area contributed by atoms with Gasteiger partial charge in [0.1, 0.15) is 24.2 Å². The molecular weight excluding hydrogens is 446 g/mol. The number of rotatable bonds is 6. The highest BCUT2D eigenvalue weighted by molar-refractivity contribution is 7.97. The van der Waals surface area contributed by atoms with E-state index in [2.05, 4.69) is 40.4 Å². The zero-order valence-electron chi connectivity index (χ0n) is 20.3. The summed E-state index contributed by atoms with van der Waals surface area (Å²) in [5.41, 5.74) is 3.55. The van der Waals surface area contributed by atoms with Gasteiger partial charge >= 0.3 is 0 Å². The first-order chi connectivity index (χ1) is 16.6. The molecule has 3 aliphatic heterocycles. The first kappa shape index (κ1) is 23.4. The van der Waals surface area contributed by atoms with Crippen molar-refractivity contribution in [3.63, 3.8) is 0 Å². The molecule has 0 saturated carbocycles. The second-order valence-corrected chi connectivity index (χ2v) is 10.5. The van der Waals surface area contributed by atoms with E-state index >= 15 is 0 Å². The second-order valence-electron chi connectivity index (χ2n) is 9.38. The number of amides is 1. The van der Waals surface area contributed by atoms with Crippen molar-refractivity contribution in [2.45, 2.75) is 57.0 Å². The van der Waals surface area contributed by atoms with Gasteiger partial charge in [0.15, 0.2) is 0 Å². The summed E-state index contributed by atoms with van der Waals surface area (Å²) in [4.78, 5) is 17.6. The summed E-state index contributed by atoms with van der Waals surface area (Å²) in [7, 11) is 0. The number of benzene rings is 2. The molecule has 7 heteroatoms. The van der Waals surface area contributed by atoms with E-state index < -0.39 is 0 Å². The van der Waals surface area contributed by atoms with Crippen molar-refractivity contribution in [3.8, 4) is 11.5 Å². The molecule has 3 aliphatic rings. The molecule has 6 nitrogen and oxygen atoms in total. The van der Waals surface area contributed by atoms with Gasteiger partial charge in [0.05, 0.1) is 18.8 Å². The molecule has 0 bridgehead atoms. The van der Waals surface area contributed by atoms with E-state index in [4.69, 9.17) is 9.47 Å². The zero-order chi connectivity index (χ0) is 23.5. The molecule has 34 heavy (non-hydrogen) atoms. The molecule has 0 N–H and O–H groups in total. The lowest BCUT2D eigenvalue weighted by Crippen LogP contribution is -2.30. The van der Waals surface area contributed by atoms with E-state index in [1.54, 1.807) is 0 Å². The number of fused-ring (bicyclic) bond motifs is 1. The van der Waals surface area contributed by atoms with Crippen molar-refractivity contribution < 1.29 is 14.3 Å². The fourth-order valence-electron chi connectivity index (χ4n) is 4.96. The average Bonchev–Trinajstić information content (AvgIpc) is 3.33. The van der Waals surface area contributed by atoms with Crippen LogP contribution in [0.4, 0.5) is 11.4 Å². The molecule has 2 fully saturated rings. The van der Waals surface area contributed by atoms with Crippen LogP contribution in [0.3, 0.4) is 0 Å². The minimum absolute atomic E-state index is 0.0402. The standard InChI is InChI=1S/C27H35N3O3S/c1-3-27(31)28-14-11-23(19-28)33-22-9-10-25-24(18-22)30(15-16-32-25)21-8-7-20(2)26(17-21)34-29-12-5-4-6-13-29/h7-10,17-18,23H,3-6,11-16,19H2,1-2H3. The number of likely N-dealkylation sites (tertiary alicyclic amines) is 1. The minimum Gasteiger partial charge on any atom is -0.490 e. The van der Waals surface area contributed by atoms with Crippen LogP contribution >= 0.6 is 11.9 Å². The maximum absolute atomic E-state index is 12.0. The zero-order valence-corrected chi connectivity index (χ0v) is 21.1. The van der Waals surface area contributed by atoms with Crippen molar-refractivity contribution in [2.75, 3.05) is 44.2 Å². The third-order valence-electron chi connectivity index (χ3n) is 6.92. The molecule has 0 spiro atoms. The van der Waals surface area contributed by atoms with Crippen molar-refractivity contribution in [2.24, 2.45) is 0 Å². The number of hydrogen-bond donors (Lipinski definition) is 0. The fraction of sp³-hybridized carbons (Fsp3) is 0.519. The molecule has 182 valence electrons.